The molecule has 0 unspecified atom stereocenters. The molecule has 0 aliphatic heterocycles. The molecule has 186 valence electrons. The van der Waals surface area contributed by atoms with Gasteiger partial charge in [0.25, 0.3) is 0 Å². The van der Waals surface area contributed by atoms with Crippen LogP contribution in [-0.4, -0.2) is 14.1 Å². The predicted octanol–water partition coefficient (Wildman–Crippen LogP) is 8.81. The zero-order valence-corrected chi connectivity index (χ0v) is 21.5. The van der Waals surface area contributed by atoms with E-state index in [9.17, 15) is 5.26 Å². The van der Waals surface area contributed by atoms with Crippen molar-refractivity contribution in [2.45, 2.75) is 0 Å². The molecule has 3 heterocycles. The molecule has 0 atom stereocenters. The van der Waals surface area contributed by atoms with E-state index in [1.807, 2.05) is 6.07 Å². The average molecular weight is 511 g/mol. The molecule has 0 aliphatic carbocycles. The van der Waals surface area contributed by atoms with Gasteiger partial charge in [-0.15, -0.1) is 0 Å². The normalized spacial score (nSPS) is 11.5. The maximum absolute atomic E-state index is 9.71. The van der Waals surface area contributed by atoms with E-state index in [0.717, 1.165) is 33.5 Å². The number of nitrogens with zero attached hydrogens (tertiary/aromatic N) is 4. The van der Waals surface area contributed by atoms with Crippen LogP contribution in [0.25, 0.3) is 66.1 Å². The van der Waals surface area contributed by atoms with Gasteiger partial charge in [0, 0.05) is 50.9 Å². The summed E-state index contributed by atoms with van der Waals surface area (Å²) in [5, 5.41) is 14.6. The molecule has 3 aromatic heterocycles. The highest BCUT2D eigenvalue weighted by Gasteiger charge is 2.20. The van der Waals surface area contributed by atoms with Gasteiger partial charge in [-0.05, 0) is 54.1 Å². The number of fused-ring (bicyclic) bond motifs is 7. The van der Waals surface area contributed by atoms with Crippen LogP contribution in [0.1, 0.15) is 5.56 Å². The first kappa shape index (κ1) is 22.3. The molecule has 0 saturated carbocycles. The van der Waals surface area contributed by atoms with Crippen LogP contribution >= 0.6 is 0 Å². The number of rotatable bonds is 3. The predicted molar refractivity (Wildman–Crippen MR) is 163 cm³/mol. The van der Waals surface area contributed by atoms with Crippen molar-refractivity contribution in [1.82, 2.24) is 14.1 Å². The summed E-state index contributed by atoms with van der Waals surface area (Å²) in [6.45, 7) is 0. The molecule has 0 fully saturated rings. The molecule has 0 radical (unpaired) electrons. The molecule has 0 saturated heterocycles. The smallest absolute Gasteiger partial charge is 0.0999 e. The lowest BCUT2D eigenvalue weighted by Gasteiger charge is -2.11. The molecular formula is C36H22N4. The summed E-state index contributed by atoms with van der Waals surface area (Å²) in [6.07, 6.45) is 3.43. The van der Waals surface area contributed by atoms with Crippen molar-refractivity contribution in [2.24, 2.45) is 0 Å². The molecule has 0 bridgehead atoms. The Morgan fingerprint density at radius 3 is 2.12 bits per heavy atom. The Morgan fingerprint density at radius 1 is 0.575 bits per heavy atom. The highest BCUT2D eigenvalue weighted by molar-refractivity contribution is 6.26. The highest BCUT2D eigenvalue weighted by atomic mass is 15.0. The van der Waals surface area contributed by atoms with Gasteiger partial charge < -0.3 is 9.13 Å². The molecule has 8 rings (SSSR count). The highest BCUT2D eigenvalue weighted by Crippen LogP contribution is 2.42. The second-order valence-corrected chi connectivity index (χ2v) is 9.98. The fourth-order valence-electron chi connectivity index (χ4n) is 6.17. The summed E-state index contributed by atoms with van der Waals surface area (Å²) >= 11 is 0. The lowest BCUT2D eigenvalue weighted by molar-refractivity contribution is 1.17. The van der Waals surface area contributed by atoms with Crippen LogP contribution in [0.2, 0.25) is 0 Å². The minimum Gasteiger partial charge on any atom is -0.309 e. The number of pyridine rings is 1. The first-order valence-electron chi connectivity index (χ1n) is 13.3. The van der Waals surface area contributed by atoms with Gasteiger partial charge in [0.15, 0.2) is 0 Å². The molecule has 40 heavy (non-hydrogen) atoms. The topological polar surface area (TPSA) is 46.5 Å². The molecule has 5 aromatic carbocycles. The fraction of sp³-hybridized carbons (Fsp3) is 0. The molecule has 0 aliphatic rings. The monoisotopic (exact) mass is 510 g/mol. The molecule has 0 amide bonds. The molecule has 0 N–H and O–H groups in total. The first-order chi connectivity index (χ1) is 19.8. The maximum Gasteiger partial charge on any atom is 0.0999 e. The summed E-state index contributed by atoms with van der Waals surface area (Å²) in [5.74, 6) is 0. The van der Waals surface area contributed by atoms with Gasteiger partial charge in [-0.25, -0.2) is 0 Å². The lowest BCUT2D eigenvalue weighted by atomic mass is 10.0. The third kappa shape index (κ3) is 3.15. The third-order valence-electron chi connectivity index (χ3n) is 7.84. The van der Waals surface area contributed by atoms with Gasteiger partial charge in [0.05, 0.1) is 33.7 Å². The van der Waals surface area contributed by atoms with E-state index in [-0.39, 0.29) is 0 Å². The summed E-state index contributed by atoms with van der Waals surface area (Å²) in [5.41, 5.74) is 9.26. The van der Waals surface area contributed by atoms with Gasteiger partial charge in [-0.1, -0.05) is 72.8 Å². The maximum atomic E-state index is 9.71. The lowest BCUT2D eigenvalue weighted by Crippen LogP contribution is -1.96. The van der Waals surface area contributed by atoms with Gasteiger partial charge in [0.2, 0.25) is 0 Å². The van der Waals surface area contributed by atoms with Crippen molar-refractivity contribution in [2.75, 3.05) is 0 Å². The minimum atomic E-state index is 0.614. The zero-order valence-electron chi connectivity index (χ0n) is 21.5. The van der Waals surface area contributed by atoms with Crippen LogP contribution < -0.4 is 0 Å². The second-order valence-electron chi connectivity index (χ2n) is 9.98. The van der Waals surface area contributed by atoms with Gasteiger partial charge >= 0.3 is 0 Å². The van der Waals surface area contributed by atoms with Crippen LogP contribution in [0.5, 0.6) is 0 Å². The largest absolute Gasteiger partial charge is 0.309 e. The van der Waals surface area contributed by atoms with E-state index in [4.69, 9.17) is 0 Å². The minimum absolute atomic E-state index is 0.614. The molecule has 4 nitrogen and oxygen atoms in total. The van der Waals surface area contributed by atoms with Crippen molar-refractivity contribution in [3.05, 3.63) is 139 Å². The summed E-state index contributed by atoms with van der Waals surface area (Å²) in [4.78, 5) is 4.29. The van der Waals surface area contributed by atoms with E-state index in [2.05, 4.69) is 129 Å². The van der Waals surface area contributed by atoms with Crippen LogP contribution in [0, 0.1) is 11.3 Å². The van der Waals surface area contributed by atoms with Gasteiger partial charge in [-0.2, -0.15) is 5.26 Å². The molecule has 8 aromatic rings. The Morgan fingerprint density at radius 2 is 1.30 bits per heavy atom. The van der Waals surface area contributed by atoms with E-state index < -0.39 is 0 Å². The van der Waals surface area contributed by atoms with Crippen molar-refractivity contribution < 1.29 is 0 Å². The van der Waals surface area contributed by atoms with Crippen LogP contribution in [0.3, 0.4) is 0 Å². The van der Waals surface area contributed by atoms with Crippen molar-refractivity contribution in [3.8, 4) is 28.6 Å². The number of nitriles is 1. The summed E-state index contributed by atoms with van der Waals surface area (Å²) < 4.78 is 4.73. The van der Waals surface area contributed by atoms with Gasteiger partial charge in [0.1, 0.15) is 0 Å². The van der Waals surface area contributed by atoms with Crippen molar-refractivity contribution in [1.29, 1.82) is 5.26 Å². The standard InChI is InChI=1S/C36H22N4/c37-22-25-19-20-38-23-31(25)24-9-8-12-27(21-24)39-33-16-7-5-14-30(33)35-34(39)18-17-29-28-13-4-6-15-32(28)40(36(29)35)26-10-2-1-3-11-26/h1-21,23H. The van der Waals surface area contributed by atoms with Crippen molar-refractivity contribution >= 4 is 43.6 Å². The number of para-hydroxylation sites is 3. The van der Waals surface area contributed by atoms with Crippen LogP contribution in [0.4, 0.5) is 0 Å². The first-order valence-corrected chi connectivity index (χ1v) is 13.3. The van der Waals surface area contributed by atoms with E-state index >= 15 is 0 Å². The van der Waals surface area contributed by atoms with E-state index in [1.165, 1.54) is 32.6 Å². The zero-order chi connectivity index (χ0) is 26.6. The third-order valence-corrected chi connectivity index (χ3v) is 7.84. The number of hydrogen-bond acceptors (Lipinski definition) is 2. The van der Waals surface area contributed by atoms with Crippen LogP contribution in [-0.2, 0) is 0 Å². The Balaban J connectivity index is 1.51. The number of hydrogen-bond donors (Lipinski definition) is 0. The quantitative estimate of drug-likeness (QED) is 0.238. The van der Waals surface area contributed by atoms with Crippen LogP contribution in [0.15, 0.2) is 134 Å². The number of benzene rings is 5. The average Bonchev–Trinajstić information content (AvgIpc) is 3.54. The summed E-state index contributed by atoms with van der Waals surface area (Å²) in [7, 11) is 0. The number of aromatic nitrogens is 3. The Labute approximate surface area is 230 Å². The Hall–Kier alpha value is -5.66. The Kier molecular flexibility index (Phi) is 4.85. The second kappa shape index (κ2) is 8.69. The fourth-order valence-corrected chi connectivity index (χ4v) is 6.17. The molecule has 4 heteroatoms. The molecule has 0 spiro atoms. The SMILES string of the molecule is N#Cc1ccncc1-c1cccc(-n2c3ccccc3c3c2ccc2c4ccccc4n(-c4ccccc4)c23)c1. The summed E-state index contributed by atoms with van der Waals surface area (Å²) in [6, 6.07) is 44.8. The van der Waals surface area contributed by atoms with Gasteiger partial charge in [-0.3, -0.25) is 4.98 Å². The Bertz CT molecular complexity index is 2280. The van der Waals surface area contributed by atoms with E-state index in [0.29, 0.717) is 5.56 Å². The van der Waals surface area contributed by atoms with Crippen molar-refractivity contribution in [3.63, 3.8) is 0 Å². The van der Waals surface area contributed by atoms with E-state index in [1.54, 1.807) is 18.5 Å². The molecular weight excluding hydrogens is 488 g/mol.